The molecule has 0 saturated heterocycles. The Morgan fingerprint density at radius 3 is 1.77 bits per heavy atom. The van der Waals surface area contributed by atoms with Crippen LogP contribution in [-0.2, 0) is 0 Å². The number of unbranched alkanes of at least 4 members (excludes halogenated alkanes) is 1. The fourth-order valence-corrected chi connectivity index (χ4v) is 3.37. The molecule has 134 valence electrons. The van der Waals surface area contributed by atoms with Gasteiger partial charge < -0.3 is 20.4 Å². The van der Waals surface area contributed by atoms with Crippen LogP contribution in [0.1, 0.15) is 40.5 Å². The Morgan fingerprint density at radius 1 is 0.909 bits per heavy atom. The summed E-state index contributed by atoms with van der Waals surface area (Å²) in [7, 11) is 0. The van der Waals surface area contributed by atoms with Crippen LogP contribution in [0, 0.1) is 0 Å². The number of quaternary nitrogens is 1. The molecular weight excluding hydrogens is 284 g/mol. The quantitative estimate of drug-likeness (QED) is 0.300. The summed E-state index contributed by atoms with van der Waals surface area (Å²) in [5.41, 5.74) is -0.251. The lowest BCUT2D eigenvalue weighted by Gasteiger charge is -2.55. The summed E-state index contributed by atoms with van der Waals surface area (Å²) in [5.74, 6) is 0. The van der Waals surface area contributed by atoms with Gasteiger partial charge in [-0.2, -0.15) is 0 Å². The van der Waals surface area contributed by atoms with Crippen molar-refractivity contribution in [1.29, 1.82) is 0 Å². The number of rotatable bonds is 12. The Balaban J connectivity index is 5.65. The molecule has 0 bridgehead atoms. The van der Waals surface area contributed by atoms with Crippen LogP contribution in [0.3, 0.4) is 0 Å². The summed E-state index contributed by atoms with van der Waals surface area (Å²) in [6.45, 7) is 10.5. The molecule has 0 saturated carbocycles. The zero-order chi connectivity index (χ0) is 17.2. The summed E-state index contributed by atoms with van der Waals surface area (Å²) < 4.78 is 0.403. The molecule has 0 aromatic rings. The van der Waals surface area contributed by atoms with E-state index in [-0.39, 0.29) is 38.1 Å². The highest BCUT2D eigenvalue weighted by Crippen LogP contribution is 2.30. The van der Waals surface area contributed by atoms with Gasteiger partial charge >= 0.3 is 0 Å². The second kappa shape index (κ2) is 10.5. The molecule has 0 spiro atoms. The van der Waals surface area contributed by atoms with Crippen molar-refractivity contribution >= 4 is 0 Å². The molecule has 0 heterocycles. The van der Waals surface area contributed by atoms with E-state index in [2.05, 4.69) is 32.6 Å². The monoisotopic (exact) mass is 321 g/mol. The second-order valence-electron chi connectivity index (χ2n) is 6.88. The van der Waals surface area contributed by atoms with Gasteiger partial charge in [0.15, 0.2) is 6.17 Å². The first-order valence-corrected chi connectivity index (χ1v) is 8.39. The molecule has 0 fully saturated rings. The first kappa shape index (κ1) is 21.8. The second-order valence-corrected chi connectivity index (χ2v) is 6.88. The summed E-state index contributed by atoms with van der Waals surface area (Å²) in [5, 5.41) is 38.6. The molecule has 22 heavy (non-hydrogen) atoms. The van der Waals surface area contributed by atoms with Crippen molar-refractivity contribution in [3.63, 3.8) is 0 Å². The molecule has 6 heteroatoms. The lowest BCUT2D eigenvalue weighted by Crippen LogP contribution is -2.73. The van der Waals surface area contributed by atoms with Gasteiger partial charge in [0.1, 0.15) is 19.7 Å². The Hall–Kier alpha value is -0.240. The van der Waals surface area contributed by atoms with Gasteiger partial charge in [0.2, 0.25) is 0 Å². The maximum Gasteiger partial charge on any atom is 0.169 e. The number of hydrogen-bond donors (Lipinski definition) is 4. The van der Waals surface area contributed by atoms with Crippen molar-refractivity contribution < 1.29 is 24.9 Å². The van der Waals surface area contributed by atoms with Crippen LogP contribution in [0.15, 0.2) is 0 Å². The number of aliphatic hydroxyl groups is 4. The fraction of sp³-hybridized carbons (Fsp3) is 1.00. The maximum absolute atomic E-state index is 10.1. The van der Waals surface area contributed by atoms with Crippen molar-refractivity contribution in [3.05, 3.63) is 0 Å². The highest BCUT2D eigenvalue weighted by atomic mass is 16.3. The van der Waals surface area contributed by atoms with E-state index in [1.165, 1.54) is 0 Å². The van der Waals surface area contributed by atoms with Crippen LogP contribution < -0.4 is 0 Å². The van der Waals surface area contributed by atoms with Crippen LogP contribution in [0.2, 0.25) is 0 Å². The minimum Gasteiger partial charge on any atom is -0.395 e. The van der Waals surface area contributed by atoms with Crippen LogP contribution in [0.4, 0.5) is 0 Å². The van der Waals surface area contributed by atoms with Crippen molar-refractivity contribution in [2.24, 2.45) is 0 Å². The first-order chi connectivity index (χ1) is 10.3. The standard InChI is InChI=1S/C16H37N2O4/c1-5-6-7-17(8-11-19)15(14-22)18(9-12-20,10-13-21)16(2,3)4/h15,19-22H,5-14H2,1-4H3/q+1. The normalized spacial score (nSPS) is 14.6. The van der Waals surface area contributed by atoms with Gasteiger partial charge in [-0.25, -0.2) is 4.90 Å². The minimum atomic E-state index is -0.252. The average molecular weight is 321 g/mol. The zero-order valence-electron chi connectivity index (χ0n) is 14.8. The van der Waals surface area contributed by atoms with E-state index in [0.717, 1.165) is 19.4 Å². The van der Waals surface area contributed by atoms with Gasteiger partial charge in [-0.05, 0) is 27.2 Å². The molecule has 0 amide bonds. The molecule has 0 aliphatic heterocycles. The highest BCUT2D eigenvalue weighted by molar-refractivity contribution is 4.73. The van der Waals surface area contributed by atoms with E-state index in [1.807, 2.05) is 0 Å². The van der Waals surface area contributed by atoms with Crippen molar-refractivity contribution in [2.45, 2.75) is 52.2 Å². The van der Waals surface area contributed by atoms with E-state index in [9.17, 15) is 20.4 Å². The van der Waals surface area contributed by atoms with Crippen molar-refractivity contribution in [2.75, 3.05) is 52.6 Å². The van der Waals surface area contributed by atoms with Gasteiger partial charge in [0.05, 0.1) is 25.4 Å². The van der Waals surface area contributed by atoms with E-state index >= 15 is 0 Å². The summed E-state index contributed by atoms with van der Waals surface area (Å²) in [6.07, 6.45) is 1.77. The number of hydrogen-bond acceptors (Lipinski definition) is 5. The third kappa shape index (κ3) is 5.44. The third-order valence-electron chi connectivity index (χ3n) is 4.68. The Bertz CT molecular complexity index is 276. The van der Waals surface area contributed by atoms with Gasteiger partial charge in [-0.1, -0.05) is 13.3 Å². The van der Waals surface area contributed by atoms with E-state index in [4.69, 9.17) is 0 Å². The maximum atomic E-state index is 10.1. The molecule has 0 aliphatic carbocycles. The molecule has 0 aliphatic rings. The number of nitrogens with zero attached hydrogens (tertiary/aromatic N) is 2. The predicted octanol–water partition coefficient (Wildman–Crippen LogP) is -0.000900. The summed E-state index contributed by atoms with van der Waals surface area (Å²) >= 11 is 0. The van der Waals surface area contributed by atoms with E-state index in [0.29, 0.717) is 24.1 Å². The van der Waals surface area contributed by atoms with Gasteiger partial charge in [-0.3, -0.25) is 4.48 Å². The smallest absolute Gasteiger partial charge is 0.169 e. The zero-order valence-corrected chi connectivity index (χ0v) is 14.8. The van der Waals surface area contributed by atoms with E-state index < -0.39 is 0 Å². The summed E-state index contributed by atoms with van der Waals surface area (Å²) in [6, 6.07) is 0. The third-order valence-corrected chi connectivity index (χ3v) is 4.68. The predicted molar refractivity (Wildman–Crippen MR) is 88.4 cm³/mol. The molecule has 0 aromatic carbocycles. The Labute approximate surface area is 135 Å². The lowest BCUT2D eigenvalue weighted by molar-refractivity contribution is -1.00. The largest absolute Gasteiger partial charge is 0.395 e. The molecular formula is C16H37N2O4+. The average Bonchev–Trinajstić information content (AvgIpc) is 2.44. The first-order valence-electron chi connectivity index (χ1n) is 8.39. The molecule has 1 unspecified atom stereocenters. The minimum absolute atomic E-state index is 0.00544. The van der Waals surface area contributed by atoms with Gasteiger partial charge in [0, 0.05) is 13.1 Å². The van der Waals surface area contributed by atoms with Crippen LogP contribution in [-0.4, -0.2) is 94.1 Å². The molecule has 0 radical (unpaired) electrons. The lowest BCUT2D eigenvalue weighted by atomic mass is 9.98. The van der Waals surface area contributed by atoms with Gasteiger partial charge in [-0.15, -0.1) is 0 Å². The van der Waals surface area contributed by atoms with Crippen molar-refractivity contribution in [1.82, 2.24) is 4.90 Å². The number of aliphatic hydroxyl groups excluding tert-OH is 4. The van der Waals surface area contributed by atoms with Crippen LogP contribution in [0.25, 0.3) is 0 Å². The van der Waals surface area contributed by atoms with Gasteiger partial charge in [0.25, 0.3) is 0 Å². The Kier molecular flexibility index (Phi) is 10.4. The molecule has 4 N–H and O–H groups in total. The summed E-state index contributed by atoms with van der Waals surface area (Å²) in [4.78, 5) is 2.10. The molecule has 6 nitrogen and oxygen atoms in total. The van der Waals surface area contributed by atoms with Crippen molar-refractivity contribution in [3.8, 4) is 0 Å². The molecule has 0 aromatic heterocycles. The Morgan fingerprint density at radius 2 is 1.45 bits per heavy atom. The SMILES string of the molecule is CCCCN(CCO)C(CO)[N+](CCO)(CCO)C(C)(C)C. The van der Waals surface area contributed by atoms with Crippen LogP contribution >= 0.6 is 0 Å². The fourth-order valence-electron chi connectivity index (χ4n) is 3.37. The molecule has 0 rings (SSSR count). The molecule has 1 atom stereocenters. The van der Waals surface area contributed by atoms with Crippen LogP contribution in [0.5, 0.6) is 0 Å². The van der Waals surface area contributed by atoms with E-state index in [1.54, 1.807) is 0 Å². The highest BCUT2D eigenvalue weighted by Gasteiger charge is 2.47. The topological polar surface area (TPSA) is 84.2 Å².